The van der Waals surface area contributed by atoms with Crippen molar-refractivity contribution in [3.8, 4) is 17.2 Å². The van der Waals surface area contributed by atoms with Crippen molar-refractivity contribution in [3.05, 3.63) is 29.3 Å². The Morgan fingerprint density at radius 2 is 1.83 bits per heavy atom. The molecular formula is C20H22O9. The number of phenolic OH excluding ortho intramolecular Hbond substituents is 3. The number of ketones is 2. The quantitative estimate of drug-likeness (QED) is 0.401. The third kappa shape index (κ3) is 3.42. The highest BCUT2D eigenvalue weighted by Gasteiger charge is 2.45. The van der Waals surface area contributed by atoms with E-state index in [2.05, 4.69) is 0 Å². The summed E-state index contributed by atoms with van der Waals surface area (Å²) < 4.78 is 5.14. The molecule has 6 N–H and O–H groups in total. The standard InChI is InChI=1S/C20H22O9/c1-7(21)15(24)19(28)20(29-2)11-5-9-3-8-4-10(22)6-12(23)13(8)17(26)14(9)18(27)16(11)25/h3-4,6-7,11,15-16,20-26H,5H2,1-2H3/t7-,11-,15+,16+,20+/m1/s1. The van der Waals surface area contributed by atoms with Gasteiger partial charge in [0.15, 0.2) is 11.6 Å². The fraction of sp³-hybridized carbons (Fsp3) is 0.400. The number of methoxy groups -OCH3 is 1. The highest BCUT2D eigenvalue weighted by Crippen LogP contribution is 2.43. The summed E-state index contributed by atoms with van der Waals surface area (Å²) in [6, 6.07) is 3.76. The molecule has 0 bridgehead atoms. The zero-order valence-electron chi connectivity index (χ0n) is 15.7. The molecule has 156 valence electrons. The maximum atomic E-state index is 12.8. The van der Waals surface area contributed by atoms with Crippen molar-refractivity contribution in [2.24, 2.45) is 5.92 Å². The molecule has 0 saturated heterocycles. The third-order valence-corrected chi connectivity index (χ3v) is 5.31. The van der Waals surface area contributed by atoms with E-state index in [0.717, 1.165) is 6.07 Å². The zero-order valence-corrected chi connectivity index (χ0v) is 15.7. The summed E-state index contributed by atoms with van der Waals surface area (Å²) in [5, 5.41) is 60.4. The van der Waals surface area contributed by atoms with Crippen molar-refractivity contribution in [3.63, 3.8) is 0 Å². The first-order valence-electron chi connectivity index (χ1n) is 8.93. The molecular weight excluding hydrogens is 384 g/mol. The molecule has 0 amide bonds. The Hall–Kier alpha value is -2.72. The van der Waals surface area contributed by atoms with E-state index in [1.54, 1.807) is 0 Å². The van der Waals surface area contributed by atoms with Crippen LogP contribution in [0.3, 0.4) is 0 Å². The summed E-state index contributed by atoms with van der Waals surface area (Å²) in [6.07, 6.45) is -6.31. The fourth-order valence-electron chi connectivity index (χ4n) is 3.87. The Morgan fingerprint density at radius 3 is 2.41 bits per heavy atom. The van der Waals surface area contributed by atoms with Gasteiger partial charge in [0, 0.05) is 19.1 Å². The monoisotopic (exact) mass is 406 g/mol. The number of rotatable bonds is 5. The van der Waals surface area contributed by atoms with Crippen molar-refractivity contribution >= 4 is 22.3 Å². The van der Waals surface area contributed by atoms with E-state index in [-0.39, 0.29) is 34.1 Å². The Kier molecular flexibility index (Phi) is 5.50. The van der Waals surface area contributed by atoms with Crippen LogP contribution in [-0.2, 0) is 16.0 Å². The van der Waals surface area contributed by atoms with Crippen LogP contribution in [-0.4, -0.2) is 73.7 Å². The number of aliphatic hydroxyl groups excluding tert-OH is 3. The van der Waals surface area contributed by atoms with Gasteiger partial charge in [-0.1, -0.05) is 0 Å². The van der Waals surface area contributed by atoms with Gasteiger partial charge >= 0.3 is 0 Å². The summed E-state index contributed by atoms with van der Waals surface area (Å²) in [6.45, 7) is 1.22. The first-order chi connectivity index (χ1) is 13.6. The minimum atomic E-state index is -1.76. The Labute approximate surface area is 165 Å². The smallest absolute Gasteiger partial charge is 0.195 e. The molecule has 2 aromatic rings. The van der Waals surface area contributed by atoms with Gasteiger partial charge in [-0.15, -0.1) is 0 Å². The zero-order chi connectivity index (χ0) is 21.6. The Balaban J connectivity index is 2.11. The van der Waals surface area contributed by atoms with Gasteiger partial charge in [0.1, 0.15) is 35.6 Å². The minimum Gasteiger partial charge on any atom is -0.508 e. The van der Waals surface area contributed by atoms with Gasteiger partial charge in [-0.05, 0) is 36.4 Å². The van der Waals surface area contributed by atoms with E-state index < -0.39 is 53.4 Å². The lowest BCUT2D eigenvalue weighted by molar-refractivity contribution is -0.148. The lowest BCUT2D eigenvalue weighted by Gasteiger charge is -2.34. The molecule has 0 aliphatic heterocycles. The molecule has 0 heterocycles. The minimum absolute atomic E-state index is 0.0514. The topological polar surface area (TPSA) is 165 Å². The van der Waals surface area contributed by atoms with Crippen molar-refractivity contribution < 1.29 is 45.0 Å². The maximum absolute atomic E-state index is 12.8. The third-order valence-electron chi connectivity index (χ3n) is 5.31. The van der Waals surface area contributed by atoms with E-state index >= 15 is 0 Å². The predicted molar refractivity (Wildman–Crippen MR) is 100.0 cm³/mol. The average molecular weight is 406 g/mol. The van der Waals surface area contributed by atoms with Crippen LogP contribution in [0.2, 0.25) is 0 Å². The molecule has 0 spiro atoms. The second kappa shape index (κ2) is 7.60. The number of carbonyl (C=O) groups is 2. The van der Waals surface area contributed by atoms with Gasteiger partial charge in [-0.25, -0.2) is 0 Å². The van der Waals surface area contributed by atoms with E-state index in [0.29, 0.717) is 0 Å². The number of fused-ring (bicyclic) bond motifs is 2. The summed E-state index contributed by atoms with van der Waals surface area (Å²) in [5.74, 6) is -4.06. The van der Waals surface area contributed by atoms with Crippen molar-refractivity contribution in [1.82, 2.24) is 0 Å². The highest BCUT2D eigenvalue weighted by atomic mass is 16.5. The molecule has 0 fully saturated rings. The number of Topliss-reactive ketones (excluding diaryl/α,β-unsaturated/α-hetero) is 2. The summed E-state index contributed by atoms with van der Waals surface area (Å²) in [4.78, 5) is 25.3. The van der Waals surface area contributed by atoms with Crippen LogP contribution in [0.15, 0.2) is 18.2 Å². The van der Waals surface area contributed by atoms with Crippen LogP contribution in [0.25, 0.3) is 10.8 Å². The van der Waals surface area contributed by atoms with Crippen LogP contribution < -0.4 is 0 Å². The molecule has 9 heteroatoms. The lowest BCUT2D eigenvalue weighted by Crippen LogP contribution is -2.50. The fourth-order valence-corrected chi connectivity index (χ4v) is 3.87. The maximum Gasteiger partial charge on any atom is 0.195 e. The average Bonchev–Trinajstić information content (AvgIpc) is 2.64. The summed E-state index contributed by atoms with van der Waals surface area (Å²) in [7, 11) is 1.18. The highest BCUT2D eigenvalue weighted by molar-refractivity contribution is 6.11. The number of carbonyl (C=O) groups excluding carboxylic acids is 2. The normalized spacial score (nSPS) is 22.2. The van der Waals surface area contributed by atoms with Crippen molar-refractivity contribution in [2.45, 2.75) is 37.8 Å². The summed E-state index contributed by atoms with van der Waals surface area (Å²) in [5.41, 5.74) is 0.0855. The SMILES string of the molecule is CO[C@H](C(=O)[C@@H](O)[C@@H](C)O)[C@@H]1Cc2cc3cc(O)cc(O)c3c(O)c2C(=O)[C@H]1O. The number of ether oxygens (including phenoxy) is 1. The van der Waals surface area contributed by atoms with Gasteiger partial charge in [-0.3, -0.25) is 9.59 Å². The van der Waals surface area contributed by atoms with E-state index in [1.165, 1.54) is 26.2 Å². The number of phenols is 3. The Morgan fingerprint density at radius 1 is 1.17 bits per heavy atom. The first-order valence-corrected chi connectivity index (χ1v) is 8.93. The molecule has 29 heavy (non-hydrogen) atoms. The number of hydrogen-bond donors (Lipinski definition) is 6. The van der Waals surface area contributed by atoms with E-state index in [4.69, 9.17) is 4.74 Å². The molecule has 0 radical (unpaired) electrons. The molecule has 1 aliphatic carbocycles. The molecule has 9 nitrogen and oxygen atoms in total. The molecule has 0 saturated carbocycles. The van der Waals surface area contributed by atoms with Crippen LogP contribution in [0, 0.1) is 5.92 Å². The van der Waals surface area contributed by atoms with E-state index in [9.17, 15) is 40.2 Å². The van der Waals surface area contributed by atoms with Gasteiger partial charge in [0.25, 0.3) is 0 Å². The molecule has 0 unspecified atom stereocenters. The Bertz CT molecular complexity index is 982. The van der Waals surface area contributed by atoms with Gasteiger partial charge in [0.2, 0.25) is 0 Å². The van der Waals surface area contributed by atoms with Crippen molar-refractivity contribution in [1.29, 1.82) is 0 Å². The molecule has 2 aromatic carbocycles. The van der Waals surface area contributed by atoms with Gasteiger partial charge in [-0.2, -0.15) is 0 Å². The van der Waals surface area contributed by atoms with Crippen molar-refractivity contribution in [2.75, 3.05) is 7.11 Å². The van der Waals surface area contributed by atoms with Gasteiger partial charge in [0.05, 0.1) is 17.1 Å². The number of hydrogen-bond acceptors (Lipinski definition) is 9. The number of benzene rings is 2. The molecule has 0 aromatic heterocycles. The number of aliphatic hydroxyl groups is 3. The second-order valence-electron chi connectivity index (χ2n) is 7.24. The van der Waals surface area contributed by atoms with Crippen LogP contribution in [0.1, 0.15) is 22.8 Å². The predicted octanol–water partition coefficient (Wildman–Crippen LogP) is -0.00170. The second-order valence-corrected chi connectivity index (χ2v) is 7.24. The summed E-state index contributed by atoms with van der Waals surface area (Å²) >= 11 is 0. The van der Waals surface area contributed by atoms with Crippen LogP contribution in [0.5, 0.6) is 17.2 Å². The largest absolute Gasteiger partial charge is 0.508 e. The van der Waals surface area contributed by atoms with E-state index in [1.807, 2.05) is 0 Å². The lowest BCUT2D eigenvalue weighted by atomic mass is 9.75. The molecule has 5 atom stereocenters. The van der Waals surface area contributed by atoms with Gasteiger partial charge < -0.3 is 35.4 Å². The molecule has 1 aliphatic rings. The first kappa shape index (κ1) is 21.0. The molecule has 3 rings (SSSR count). The van der Waals surface area contributed by atoms with Crippen LogP contribution >= 0.6 is 0 Å². The van der Waals surface area contributed by atoms with Crippen LogP contribution in [0.4, 0.5) is 0 Å². The number of aromatic hydroxyl groups is 3.